The van der Waals surface area contributed by atoms with Crippen LogP contribution in [-0.4, -0.2) is 39.0 Å². The van der Waals surface area contributed by atoms with Crippen molar-refractivity contribution >= 4 is 45.9 Å². The number of methoxy groups -OCH3 is 2. The number of carbonyl (C=O) groups is 2. The molecular formula is C20H15ClF6N4O6. The molecule has 0 heterocycles. The maximum Gasteiger partial charge on any atom is 0.410 e. The average Bonchev–Trinajstić information content (AvgIpc) is 2.83. The third-order valence-corrected chi connectivity index (χ3v) is 3.54. The first-order valence-corrected chi connectivity index (χ1v) is 9.32. The van der Waals surface area contributed by atoms with Crippen LogP contribution in [0, 0.1) is 24.8 Å². The molecule has 0 atom stereocenters. The van der Waals surface area contributed by atoms with Crippen LogP contribution in [0.25, 0.3) is 9.69 Å². The van der Waals surface area contributed by atoms with E-state index in [4.69, 9.17) is 18.9 Å². The fourth-order valence-electron chi connectivity index (χ4n) is 1.92. The second-order valence-corrected chi connectivity index (χ2v) is 5.99. The number of benzene rings is 2. The Labute approximate surface area is 210 Å². The number of halogens is 7. The molecule has 200 valence electrons. The van der Waals surface area contributed by atoms with Gasteiger partial charge < -0.3 is 30.0 Å². The second kappa shape index (κ2) is 16.2. The summed E-state index contributed by atoms with van der Waals surface area (Å²) in [6, 6.07) is 3.07. The summed E-state index contributed by atoms with van der Waals surface area (Å²) in [5.74, 6) is -3.60. The Hall–Kier alpha value is -4.57. The van der Waals surface area contributed by atoms with Crippen molar-refractivity contribution in [2.45, 2.75) is 13.2 Å². The molecule has 0 unspecified atom stereocenters. The number of nitrogens with two attached hydrogens (primary N) is 1. The second-order valence-electron chi connectivity index (χ2n) is 5.68. The molecule has 0 spiro atoms. The molecule has 37 heavy (non-hydrogen) atoms. The first-order chi connectivity index (χ1) is 17.3. The van der Waals surface area contributed by atoms with Gasteiger partial charge in [-0.2, -0.15) is 17.6 Å². The van der Waals surface area contributed by atoms with Gasteiger partial charge in [-0.25, -0.2) is 28.1 Å². The molecule has 10 nitrogen and oxygen atoms in total. The summed E-state index contributed by atoms with van der Waals surface area (Å²) in [6.07, 6.45) is -0.922. The van der Waals surface area contributed by atoms with Crippen LogP contribution in [-0.2, 0) is 9.47 Å². The highest BCUT2D eigenvalue weighted by Crippen LogP contribution is 2.33. The SMILES string of the molecule is COC(=O)Cl.[C-]#[N+]c1cc(F)c(OC(F)F)cc1N.[C-]#[N+]c1cc(F)c(OC(F)F)cc1NC(=O)OC. The zero-order valence-electron chi connectivity index (χ0n) is 18.5. The van der Waals surface area contributed by atoms with Crippen molar-refractivity contribution in [3.05, 3.63) is 58.7 Å². The summed E-state index contributed by atoms with van der Waals surface area (Å²) in [4.78, 5) is 26.1. The molecule has 2 aromatic rings. The van der Waals surface area contributed by atoms with E-state index in [9.17, 15) is 35.9 Å². The van der Waals surface area contributed by atoms with Gasteiger partial charge in [-0.05, 0) is 24.3 Å². The van der Waals surface area contributed by atoms with Crippen LogP contribution < -0.4 is 20.5 Å². The van der Waals surface area contributed by atoms with E-state index in [1.165, 1.54) is 7.11 Å². The van der Waals surface area contributed by atoms with E-state index in [2.05, 4.69) is 45.6 Å². The Balaban J connectivity index is 0.000000605. The van der Waals surface area contributed by atoms with Crippen LogP contribution >= 0.6 is 11.6 Å². The monoisotopic (exact) mass is 556 g/mol. The normalized spacial score (nSPS) is 9.43. The summed E-state index contributed by atoms with van der Waals surface area (Å²) >= 11 is 4.60. The van der Waals surface area contributed by atoms with E-state index >= 15 is 0 Å². The summed E-state index contributed by atoms with van der Waals surface area (Å²) in [7, 11) is 2.29. The van der Waals surface area contributed by atoms with Gasteiger partial charge >= 0.3 is 24.7 Å². The van der Waals surface area contributed by atoms with Gasteiger partial charge in [0.1, 0.15) is 0 Å². The molecule has 1 amide bonds. The van der Waals surface area contributed by atoms with Gasteiger partial charge in [-0.1, -0.05) is 0 Å². The van der Waals surface area contributed by atoms with Crippen molar-refractivity contribution in [1.82, 2.24) is 0 Å². The van der Waals surface area contributed by atoms with Crippen molar-refractivity contribution in [3.63, 3.8) is 0 Å². The molecule has 2 aromatic carbocycles. The number of hydrogen-bond donors (Lipinski definition) is 2. The minimum atomic E-state index is -3.22. The zero-order valence-corrected chi connectivity index (χ0v) is 19.3. The van der Waals surface area contributed by atoms with Crippen LogP contribution in [0.1, 0.15) is 0 Å². The number of nitrogen functional groups attached to an aromatic ring is 1. The molecule has 0 aromatic heterocycles. The molecule has 0 radical (unpaired) electrons. The third kappa shape index (κ3) is 12.1. The molecule has 0 saturated heterocycles. The molecule has 3 N–H and O–H groups in total. The van der Waals surface area contributed by atoms with E-state index in [0.29, 0.717) is 6.07 Å². The number of hydrogen-bond acceptors (Lipinski definition) is 7. The number of nitrogens with one attached hydrogen (secondary N) is 1. The molecule has 0 aliphatic carbocycles. The van der Waals surface area contributed by atoms with Crippen molar-refractivity contribution in [2.75, 3.05) is 25.3 Å². The van der Waals surface area contributed by atoms with Gasteiger partial charge in [0.05, 0.1) is 33.1 Å². The maximum atomic E-state index is 13.3. The van der Waals surface area contributed by atoms with E-state index < -0.39 is 47.9 Å². The molecule has 0 aliphatic heterocycles. The summed E-state index contributed by atoms with van der Waals surface area (Å²) in [6.45, 7) is 7.01. The van der Waals surface area contributed by atoms with Crippen molar-refractivity contribution < 1.29 is 54.9 Å². The molecule has 0 bridgehead atoms. The lowest BCUT2D eigenvalue weighted by atomic mass is 10.2. The maximum absolute atomic E-state index is 13.3. The lowest BCUT2D eigenvalue weighted by molar-refractivity contribution is -0.0527. The fourth-order valence-corrected chi connectivity index (χ4v) is 1.92. The van der Waals surface area contributed by atoms with Gasteiger partial charge in [-0.3, -0.25) is 0 Å². The number of anilines is 2. The molecule has 0 fully saturated rings. The van der Waals surface area contributed by atoms with Crippen LogP contribution in [0.3, 0.4) is 0 Å². The van der Waals surface area contributed by atoms with Gasteiger partial charge in [-0.15, -0.1) is 0 Å². The van der Waals surface area contributed by atoms with E-state index in [1.54, 1.807) is 0 Å². The molecule has 17 heteroatoms. The lowest BCUT2D eigenvalue weighted by Crippen LogP contribution is -2.12. The van der Waals surface area contributed by atoms with Crippen LogP contribution in [0.2, 0.25) is 0 Å². The molecule has 0 aliphatic rings. The van der Waals surface area contributed by atoms with Gasteiger partial charge in [0.2, 0.25) is 11.4 Å². The van der Waals surface area contributed by atoms with Crippen molar-refractivity contribution in [3.8, 4) is 11.5 Å². The van der Waals surface area contributed by atoms with Crippen molar-refractivity contribution in [1.29, 1.82) is 0 Å². The highest BCUT2D eigenvalue weighted by molar-refractivity contribution is 6.61. The number of amides is 1. The minimum absolute atomic E-state index is 0.1000. The number of ether oxygens (including phenoxy) is 4. The smallest absolute Gasteiger partial charge is 0.410 e. The number of carbonyl (C=O) groups excluding carboxylic acids is 2. The Morgan fingerprint density at radius 1 is 0.892 bits per heavy atom. The van der Waals surface area contributed by atoms with Gasteiger partial charge in [0.15, 0.2) is 23.1 Å². The predicted octanol–water partition coefficient (Wildman–Crippen LogP) is 6.71. The largest absolute Gasteiger partial charge is 0.457 e. The highest BCUT2D eigenvalue weighted by atomic mass is 35.5. The predicted molar refractivity (Wildman–Crippen MR) is 117 cm³/mol. The average molecular weight is 557 g/mol. The number of rotatable bonds is 5. The Morgan fingerprint density at radius 2 is 1.32 bits per heavy atom. The first kappa shape index (κ1) is 32.4. The third-order valence-electron chi connectivity index (χ3n) is 3.39. The topological polar surface area (TPSA) is 118 Å². The van der Waals surface area contributed by atoms with E-state index in [0.717, 1.165) is 25.3 Å². The van der Waals surface area contributed by atoms with Crippen LogP contribution in [0.5, 0.6) is 11.5 Å². The van der Waals surface area contributed by atoms with Crippen molar-refractivity contribution in [2.24, 2.45) is 0 Å². The molecule has 0 saturated carbocycles. The van der Waals surface area contributed by atoms with Gasteiger partial charge in [0.25, 0.3) is 0 Å². The van der Waals surface area contributed by atoms with E-state index in [-0.39, 0.29) is 22.7 Å². The lowest BCUT2D eigenvalue weighted by Gasteiger charge is -2.10. The molecular weight excluding hydrogens is 542 g/mol. The van der Waals surface area contributed by atoms with Gasteiger partial charge in [0, 0.05) is 17.3 Å². The molecule has 2 rings (SSSR count). The Morgan fingerprint density at radius 3 is 1.70 bits per heavy atom. The standard InChI is InChI=1S/C10H7F3N2O3.C8H5F3N2O.C2H3ClO2/c1-14-6-3-5(11)8(18-9(12)13)4-7(6)15-10(16)17-2;1-13-6-2-4(9)7(3-5(6)12)14-8(10)11;1-5-2(3)4/h3-4,9H,2H3,(H,15,16);2-3,8H,12H2;1H3. The number of alkyl halides is 4. The highest BCUT2D eigenvalue weighted by Gasteiger charge is 2.16. The quantitative estimate of drug-likeness (QED) is 0.182. The zero-order chi connectivity index (χ0) is 28.7. The van der Waals surface area contributed by atoms with Crippen LogP contribution in [0.4, 0.5) is 58.7 Å². The Kier molecular flexibility index (Phi) is 14.2. The summed E-state index contributed by atoms with van der Waals surface area (Å²) < 4.78 is 89.5. The Bertz CT molecular complexity index is 1170. The number of nitrogens with zero attached hydrogens (tertiary/aromatic N) is 2. The first-order valence-electron chi connectivity index (χ1n) is 8.94. The van der Waals surface area contributed by atoms with E-state index in [1.807, 2.05) is 0 Å². The summed E-state index contributed by atoms with van der Waals surface area (Å²) in [5, 5.41) is 2.09. The minimum Gasteiger partial charge on any atom is -0.457 e. The van der Waals surface area contributed by atoms with Crippen LogP contribution in [0.15, 0.2) is 24.3 Å². The fraction of sp³-hybridized carbons (Fsp3) is 0.200. The summed E-state index contributed by atoms with van der Waals surface area (Å²) in [5.41, 5.74) is 3.81.